The molecule has 0 aliphatic carbocycles. The Balaban J connectivity index is 1.54. The molecule has 162 valence electrons. The number of hydrogen-bond acceptors (Lipinski definition) is 4. The Bertz CT molecular complexity index is 1190. The lowest BCUT2D eigenvalue weighted by atomic mass is 10.2. The number of amides is 1. The van der Waals surface area contributed by atoms with E-state index in [1.807, 2.05) is 6.07 Å². The van der Waals surface area contributed by atoms with Crippen molar-refractivity contribution in [1.82, 2.24) is 0 Å². The molecule has 0 heterocycles. The average Bonchev–Trinajstić information content (AvgIpc) is 2.72. The van der Waals surface area contributed by atoms with Crippen LogP contribution in [0.25, 0.3) is 0 Å². The van der Waals surface area contributed by atoms with Gasteiger partial charge in [-0.25, -0.2) is 17.2 Å². The Morgan fingerprint density at radius 1 is 0.935 bits per heavy atom. The molecule has 0 atom stereocenters. The lowest BCUT2D eigenvalue weighted by Crippen LogP contribution is -2.18. The highest BCUT2D eigenvalue weighted by molar-refractivity contribution is 7.92. The number of halogens is 3. The first-order chi connectivity index (χ1) is 14.7. The summed E-state index contributed by atoms with van der Waals surface area (Å²) in [5.74, 6) is -2.81. The molecule has 1 amide bonds. The van der Waals surface area contributed by atoms with Crippen molar-refractivity contribution in [2.45, 2.75) is 11.5 Å². The molecular weight excluding hydrogens is 450 g/mol. The van der Waals surface area contributed by atoms with Crippen molar-refractivity contribution in [3.8, 4) is 0 Å². The van der Waals surface area contributed by atoms with Gasteiger partial charge in [-0.3, -0.25) is 9.52 Å². The average molecular weight is 467 g/mol. The van der Waals surface area contributed by atoms with E-state index in [2.05, 4.69) is 10.0 Å². The largest absolute Gasteiger partial charge is 0.367 e. The minimum Gasteiger partial charge on any atom is -0.367 e. The number of carbonyl (C=O) groups excluding carboxylic acids is 1. The molecule has 10 heteroatoms. The van der Waals surface area contributed by atoms with E-state index in [1.165, 1.54) is 24.3 Å². The first-order valence-electron chi connectivity index (χ1n) is 8.93. The third-order valence-electron chi connectivity index (χ3n) is 4.07. The Kier molecular flexibility index (Phi) is 7.21. The van der Waals surface area contributed by atoms with Crippen LogP contribution in [0.5, 0.6) is 0 Å². The maximum Gasteiger partial charge on any atom is 0.261 e. The number of hydrogen-bond donors (Lipinski definition) is 2. The molecule has 0 bridgehead atoms. The van der Waals surface area contributed by atoms with Crippen LogP contribution in [0.2, 0.25) is 5.02 Å². The van der Waals surface area contributed by atoms with E-state index < -0.39 is 32.5 Å². The summed E-state index contributed by atoms with van der Waals surface area (Å²) in [7, 11) is -4.11. The summed E-state index contributed by atoms with van der Waals surface area (Å²) in [5, 5.41) is 3.16. The number of rotatable bonds is 8. The van der Waals surface area contributed by atoms with E-state index in [1.54, 1.807) is 18.2 Å². The van der Waals surface area contributed by atoms with Gasteiger partial charge in [0, 0.05) is 16.4 Å². The van der Waals surface area contributed by atoms with E-state index in [9.17, 15) is 22.0 Å². The number of sulfonamides is 1. The monoisotopic (exact) mass is 466 g/mol. The minimum absolute atomic E-state index is 0.178. The van der Waals surface area contributed by atoms with Crippen LogP contribution in [0.1, 0.15) is 5.56 Å². The molecule has 2 N–H and O–H groups in total. The molecule has 0 aliphatic rings. The van der Waals surface area contributed by atoms with Gasteiger partial charge in [0.05, 0.1) is 11.5 Å². The predicted octanol–water partition coefficient (Wildman–Crippen LogP) is 4.57. The zero-order chi connectivity index (χ0) is 22.4. The van der Waals surface area contributed by atoms with E-state index in [4.69, 9.17) is 16.3 Å². The Morgan fingerprint density at radius 2 is 1.61 bits per heavy atom. The SMILES string of the molecule is O=C(COCc1ccccc1Cl)Nc1ccc(NS(=O)(=O)c2ccc(F)c(F)c2)cc1. The van der Waals surface area contributed by atoms with Gasteiger partial charge in [-0.05, 0) is 54.1 Å². The maximum absolute atomic E-state index is 13.3. The molecule has 0 saturated carbocycles. The zero-order valence-corrected chi connectivity index (χ0v) is 17.5. The number of nitrogens with one attached hydrogen (secondary N) is 2. The second-order valence-corrected chi connectivity index (χ2v) is 8.48. The van der Waals surface area contributed by atoms with Crippen LogP contribution in [0.4, 0.5) is 20.2 Å². The lowest BCUT2D eigenvalue weighted by Gasteiger charge is -2.10. The van der Waals surface area contributed by atoms with Crippen molar-refractivity contribution in [3.63, 3.8) is 0 Å². The Hall–Kier alpha value is -3.01. The molecule has 3 rings (SSSR count). The van der Waals surface area contributed by atoms with E-state index >= 15 is 0 Å². The minimum atomic E-state index is -4.11. The van der Waals surface area contributed by atoms with Gasteiger partial charge >= 0.3 is 0 Å². The molecule has 0 saturated heterocycles. The highest BCUT2D eigenvalue weighted by atomic mass is 35.5. The van der Waals surface area contributed by atoms with Crippen LogP contribution in [-0.2, 0) is 26.2 Å². The molecule has 0 fully saturated rings. The van der Waals surface area contributed by atoms with Crippen LogP contribution in [-0.4, -0.2) is 20.9 Å². The molecule has 0 radical (unpaired) electrons. The van der Waals surface area contributed by atoms with Crippen molar-refractivity contribution < 1.29 is 26.7 Å². The first-order valence-corrected chi connectivity index (χ1v) is 10.8. The van der Waals surface area contributed by atoms with Gasteiger partial charge in [0.2, 0.25) is 5.91 Å². The Labute approximate surface area is 182 Å². The van der Waals surface area contributed by atoms with Crippen LogP contribution < -0.4 is 10.0 Å². The highest BCUT2D eigenvalue weighted by Gasteiger charge is 2.16. The summed E-state index contributed by atoms with van der Waals surface area (Å²) in [6, 6.07) is 15.2. The summed E-state index contributed by atoms with van der Waals surface area (Å²) in [5.41, 5.74) is 1.36. The maximum atomic E-state index is 13.3. The quantitative estimate of drug-likeness (QED) is 0.509. The summed E-state index contributed by atoms with van der Waals surface area (Å²) in [4.78, 5) is 11.6. The van der Waals surface area contributed by atoms with Gasteiger partial charge in [0.25, 0.3) is 10.0 Å². The van der Waals surface area contributed by atoms with Gasteiger partial charge in [-0.15, -0.1) is 0 Å². The third-order valence-corrected chi connectivity index (χ3v) is 5.82. The third kappa shape index (κ3) is 6.24. The van der Waals surface area contributed by atoms with E-state index in [-0.39, 0.29) is 18.9 Å². The molecule has 3 aromatic rings. The second-order valence-electron chi connectivity index (χ2n) is 6.39. The number of carbonyl (C=O) groups is 1. The molecule has 0 unspecified atom stereocenters. The normalized spacial score (nSPS) is 11.2. The molecule has 6 nitrogen and oxygen atoms in total. The molecular formula is C21H17ClF2N2O4S. The summed E-state index contributed by atoms with van der Waals surface area (Å²) < 4.78 is 58.5. The van der Waals surface area contributed by atoms with Gasteiger partial charge in [0.1, 0.15) is 6.61 Å². The fourth-order valence-corrected chi connectivity index (χ4v) is 3.81. The molecule has 0 aliphatic heterocycles. The lowest BCUT2D eigenvalue weighted by molar-refractivity contribution is -0.121. The fourth-order valence-electron chi connectivity index (χ4n) is 2.55. The van der Waals surface area contributed by atoms with Crippen LogP contribution in [0, 0.1) is 11.6 Å². The predicted molar refractivity (Wildman–Crippen MR) is 113 cm³/mol. The second kappa shape index (κ2) is 9.86. The van der Waals surface area contributed by atoms with Crippen LogP contribution in [0.3, 0.4) is 0 Å². The Morgan fingerprint density at radius 3 is 2.29 bits per heavy atom. The van der Waals surface area contributed by atoms with Crippen molar-refractivity contribution in [1.29, 1.82) is 0 Å². The summed E-state index contributed by atoms with van der Waals surface area (Å²) >= 11 is 6.02. The van der Waals surface area contributed by atoms with Crippen molar-refractivity contribution >= 4 is 38.9 Å². The summed E-state index contributed by atoms with van der Waals surface area (Å²) in [6.07, 6.45) is 0. The fraction of sp³-hybridized carbons (Fsp3) is 0.0952. The van der Waals surface area contributed by atoms with Crippen molar-refractivity contribution in [2.24, 2.45) is 0 Å². The van der Waals surface area contributed by atoms with Crippen molar-refractivity contribution in [2.75, 3.05) is 16.6 Å². The first kappa shape index (κ1) is 22.7. The topological polar surface area (TPSA) is 84.5 Å². The van der Waals surface area contributed by atoms with Gasteiger partial charge < -0.3 is 10.1 Å². The number of anilines is 2. The zero-order valence-electron chi connectivity index (χ0n) is 15.9. The molecule has 0 aromatic heterocycles. The summed E-state index contributed by atoms with van der Waals surface area (Å²) in [6.45, 7) is -0.0203. The van der Waals surface area contributed by atoms with Crippen LogP contribution >= 0.6 is 11.6 Å². The molecule has 0 spiro atoms. The van der Waals surface area contributed by atoms with Crippen molar-refractivity contribution in [3.05, 3.63) is 89.0 Å². The molecule has 3 aromatic carbocycles. The van der Waals surface area contributed by atoms with Gasteiger partial charge in [-0.1, -0.05) is 29.8 Å². The standard InChI is InChI=1S/C21H17ClF2N2O4S/c22-18-4-2-1-3-14(18)12-30-13-21(27)25-15-5-7-16(8-6-15)26-31(28,29)17-9-10-19(23)20(24)11-17/h1-11,26H,12-13H2,(H,25,27). The van der Waals surface area contributed by atoms with Gasteiger partial charge in [0.15, 0.2) is 11.6 Å². The van der Waals surface area contributed by atoms with Gasteiger partial charge in [-0.2, -0.15) is 0 Å². The number of ether oxygens (including phenoxy) is 1. The molecule has 31 heavy (non-hydrogen) atoms. The van der Waals surface area contributed by atoms with E-state index in [0.717, 1.165) is 17.7 Å². The number of benzene rings is 3. The van der Waals surface area contributed by atoms with E-state index in [0.29, 0.717) is 16.8 Å². The smallest absolute Gasteiger partial charge is 0.261 e. The highest BCUT2D eigenvalue weighted by Crippen LogP contribution is 2.20. The van der Waals surface area contributed by atoms with Crippen LogP contribution in [0.15, 0.2) is 71.6 Å².